The second-order valence-electron chi connectivity index (χ2n) is 5.19. The van der Waals surface area contributed by atoms with E-state index in [1.54, 1.807) is 13.8 Å². The molecule has 2 N–H and O–H groups in total. The molecular formula is C16H37NO2SSn. The second-order valence-corrected chi connectivity index (χ2v) is 11.8. The van der Waals surface area contributed by atoms with Crippen molar-refractivity contribution in [3.05, 3.63) is 0 Å². The molecule has 3 nitrogen and oxygen atoms in total. The first-order valence-electron chi connectivity index (χ1n) is 8.17. The molecule has 128 valence electrons. The molecule has 0 saturated carbocycles. The first-order valence-corrected chi connectivity index (χ1v) is 13.4. The Labute approximate surface area is 148 Å². The van der Waals surface area contributed by atoms with Gasteiger partial charge in [-0.15, -0.1) is 12.2 Å². The maximum atomic E-state index is 9.90. The van der Waals surface area contributed by atoms with Crippen LogP contribution in [0.4, 0.5) is 0 Å². The molecule has 0 spiro atoms. The van der Waals surface area contributed by atoms with Gasteiger partial charge in [0.1, 0.15) is 0 Å². The van der Waals surface area contributed by atoms with Crippen LogP contribution in [0.15, 0.2) is 0 Å². The Balaban J connectivity index is -0.000000270. The van der Waals surface area contributed by atoms with Crippen molar-refractivity contribution in [1.82, 2.24) is 0 Å². The van der Waals surface area contributed by atoms with Gasteiger partial charge >= 0.3 is 85.3 Å². The Morgan fingerprint density at radius 1 is 1.00 bits per heavy atom. The average molecular weight is 426 g/mol. The van der Waals surface area contributed by atoms with E-state index >= 15 is 0 Å². The fourth-order valence-electron chi connectivity index (χ4n) is 0.795. The van der Waals surface area contributed by atoms with E-state index in [2.05, 4.69) is 25.6 Å². The van der Waals surface area contributed by atoms with Gasteiger partial charge in [0.05, 0.1) is 0 Å². The van der Waals surface area contributed by atoms with Gasteiger partial charge in [-0.2, -0.15) is 0 Å². The van der Waals surface area contributed by atoms with Crippen molar-refractivity contribution in [1.29, 1.82) is 0 Å². The normalized spacial score (nSPS) is 13.8. The van der Waals surface area contributed by atoms with Gasteiger partial charge in [-0.3, -0.25) is 0 Å². The molecule has 0 fully saturated rings. The van der Waals surface area contributed by atoms with E-state index in [0.717, 1.165) is 12.8 Å². The molecule has 0 bridgehead atoms. The standard InChI is InChI=1S/C5H12N.2C4H9O.C3H7S.Sn/c1-3-4-5(2)6;2*1-3-4(2)5;1-3-4-2;/h5H,1,3-4,6H2,2H3;2*4H,3H2,1-2H3;2-3H2,1H3;/q;2*-1;;+2. The van der Waals surface area contributed by atoms with Crippen LogP contribution in [0.3, 0.4) is 0 Å². The summed E-state index contributed by atoms with van der Waals surface area (Å²) in [6, 6.07) is 0.424. The molecule has 0 aromatic carbocycles. The van der Waals surface area contributed by atoms with Gasteiger partial charge in [-0.1, -0.05) is 40.5 Å². The number of rotatable bonds is 9. The molecule has 0 aliphatic carbocycles. The van der Waals surface area contributed by atoms with Crippen LogP contribution >= 0.6 is 11.8 Å². The summed E-state index contributed by atoms with van der Waals surface area (Å²) >= 11 is 2.13. The minimum absolute atomic E-state index is 0.0180. The predicted molar refractivity (Wildman–Crippen MR) is 95.9 cm³/mol. The van der Waals surface area contributed by atoms with E-state index in [4.69, 9.17) is 5.73 Å². The van der Waals surface area contributed by atoms with Crippen molar-refractivity contribution in [2.75, 3.05) is 9.52 Å². The topological polar surface area (TPSA) is 72.1 Å². The van der Waals surface area contributed by atoms with Crippen LogP contribution in [0, 0.1) is 0 Å². The molecule has 3 unspecified atom stereocenters. The molecule has 0 aromatic heterocycles. The van der Waals surface area contributed by atoms with Crippen molar-refractivity contribution in [3.8, 4) is 0 Å². The number of hydrogen-bond acceptors (Lipinski definition) is 4. The molecule has 0 heterocycles. The summed E-state index contributed by atoms with van der Waals surface area (Å²) in [7, 11) is 0. The van der Waals surface area contributed by atoms with Crippen molar-refractivity contribution >= 4 is 32.9 Å². The number of hydrogen-bond donors (Lipinski definition) is 1. The SMILES string of the molecule is CCC(C)[O-].CCC(C)[O-].CCS[CH2][Sn+2][CH2]CCC(C)N. The Bertz CT molecular complexity index is 162. The third-order valence-corrected chi connectivity index (χ3v) is 8.90. The van der Waals surface area contributed by atoms with Crippen LogP contribution < -0.4 is 15.9 Å². The molecule has 21 heavy (non-hydrogen) atoms. The molecular weight excluding hydrogens is 389 g/mol. The third kappa shape index (κ3) is 44.9. The summed E-state index contributed by atoms with van der Waals surface area (Å²) in [5, 5.41) is 19.8. The molecule has 0 aromatic rings. The second kappa shape index (κ2) is 23.3. The van der Waals surface area contributed by atoms with Crippen LogP contribution in [0.5, 0.6) is 0 Å². The maximum absolute atomic E-state index is 9.90. The van der Waals surface area contributed by atoms with Gasteiger partial charge in [0.2, 0.25) is 0 Å². The van der Waals surface area contributed by atoms with Gasteiger partial charge in [0.25, 0.3) is 0 Å². The molecule has 0 saturated heterocycles. The molecule has 3 atom stereocenters. The van der Waals surface area contributed by atoms with E-state index in [1.165, 1.54) is 26.8 Å². The van der Waals surface area contributed by atoms with Crippen LogP contribution in [-0.2, 0) is 0 Å². The molecule has 0 aliphatic rings. The quantitative estimate of drug-likeness (QED) is 0.454. The van der Waals surface area contributed by atoms with E-state index in [-0.39, 0.29) is 33.4 Å². The molecule has 0 radical (unpaired) electrons. The third-order valence-electron chi connectivity index (χ3n) is 2.57. The Hall–Kier alpha value is 1.03. The first-order chi connectivity index (χ1) is 9.81. The fraction of sp³-hybridized carbons (Fsp3) is 1.00. The summed E-state index contributed by atoms with van der Waals surface area (Å²) in [4.78, 5) is 0. The Morgan fingerprint density at radius 3 is 1.71 bits per heavy atom. The summed E-state index contributed by atoms with van der Waals surface area (Å²) in [5.41, 5.74) is 5.65. The van der Waals surface area contributed by atoms with E-state index in [9.17, 15) is 10.2 Å². The van der Waals surface area contributed by atoms with Gasteiger partial charge < -0.3 is 10.2 Å². The number of nitrogens with two attached hydrogens (primary N) is 1. The molecule has 0 aliphatic heterocycles. The zero-order chi connectivity index (χ0) is 17.1. The van der Waals surface area contributed by atoms with Crippen molar-refractivity contribution < 1.29 is 10.2 Å². The number of thioether (sulfide) groups is 1. The van der Waals surface area contributed by atoms with Crippen molar-refractivity contribution in [2.45, 2.75) is 89.9 Å². The van der Waals surface area contributed by atoms with E-state index in [1.807, 2.05) is 13.8 Å². The predicted octanol–water partition coefficient (Wildman–Crippen LogP) is 2.24. The van der Waals surface area contributed by atoms with Gasteiger partial charge in [-0.25, -0.2) is 0 Å². The average Bonchev–Trinajstić information content (AvgIpc) is 2.43. The summed E-state index contributed by atoms with van der Waals surface area (Å²) in [6.07, 6.45) is 3.39. The van der Waals surface area contributed by atoms with E-state index in [0.29, 0.717) is 6.04 Å². The fourth-order valence-corrected chi connectivity index (χ4v) is 6.80. The summed E-state index contributed by atoms with van der Waals surface area (Å²) < 4.78 is 3.02. The van der Waals surface area contributed by atoms with Crippen molar-refractivity contribution in [2.24, 2.45) is 5.73 Å². The molecule has 0 rings (SSSR count). The van der Waals surface area contributed by atoms with Gasteiger partial charge in [-0.05, 0) is 0 Å². The Kier molecular flexibility index (Phi) is 29.8. The monoisotopic (exact) mass is 427 g/mol. The van der Waals surface area contributed by atoms with E-state index < -0.39 is 0 Å². The van der Waals surface area contributed by atoms with Crippen LogP contribution in [0.2, 0.25) is 4.44 Å². The Morgan fingerprint density at radius 2 is 1.43 bits per heavy atom. The van der Waals surface area contributed by atoms with Crippen LogP contribution in [-0.4, -0.2) is 48.9 Å². The zero-order valence-electron chi connectivity index (χ0n) is 15.0. The van der Waals surface area contributed by atoms with Crippen molar-refractivity contribution in [3.63, 3.8) is 0 Å². The molecule has 5 heteroatoms. The zero-order valence-corrected chi connectivity index (χ0v) is 18.7. The van der Waals surface area contributed by atoms with Crippen LogP contribution in [0.25, 0.3) is 0 Å². The molecule has 0 amide bonds. The summed E-state index contributed by atoms with van der Waals surface area (Å²) in [6.45, 7) is 11.5. The first kappa shape index (κ1) is 26.9. The minimum atomic E-state index is -0.366. The van der Waals surface area contributed by atoms with Gasteiger partial charge in [0.15, 0.2) is 0 Å². The van der Waals surface area contributed by atoms with Crippen LogP contribution in [0.1, 0.15) is 67.2 Å². The van der Waals surface area contributed by atoms with Gasteiger partial charge in [0, 0.05) is 0 Å². The summed E-state index contributed by atoms with van der Waals surface area (Å²) in [5.74, 6) is 1.30.